The van der Waals surface area contributed by atoms with Gasteiger partial charge in [0.2, 0.25) is 11.8 Å². The van der Waals surface area contributed by atoms with Crippen molar-refractivity contribution in [3.63, 3.8) is 0 Å². The standard InChI is InChI=1S/C12H17NO4/c1-8-4-6-12(7-5-8,11(16)17)13-9(14)2-3-10(13)15/h8H,2-7H2,1H3,(H,16,17). The molecule has 1 saturated heterocycles. The lowest BCUT2D eigenvalue weighted by Gasteiger charge is -2.41. The van der Waals surface area contributed by atoms with E-state index < -0.39 is 11.5 Å². The second-order valence-electron chi connectivity index (χ2n) is 5.14. The normalized spacial score (nSPS) is 34.2. The molecule has 0 spiro atoms. The molecule has 17 heavy (non-hydrogen) atoms. The molecule has 0 bridgehead atoms. The molecule has 2 fully saturated rings. The molecule has 5 heteroatoms. The maximum Gasteiger partial charge on any atom is 0.330 e. The number of imide groups is 1. The molecule has 1 aliphatic carbocycles. The van der Waals surface area contributed by atoms with Gasteiger partial charge in [0.25, 0.3) is 0 Å². The molecule has 0 radical (unpaired) electrons. The zero-order valence-electron chi connectivity index (χ0n) is 9.94. The average molecular weight is 239 g/mol. The third-order valence-electron chi connectivity index (χ3n) is 3.98. The number of nitrogens with zero attached hydrogens (tertiary/aromatic N) is 1. The molecule has 94 valence electrons. The fraction of sp³-hybridized carbons (Fsp3) is 0.750. The Balaban J connectivity index is 2.31. The lowest BCUT2D eigenvalue weighted by atomic mass is 9.76. The number of carbonyl (C=O) groups excluding carboxylic acids is 2. The molecule has 1 heterocycles. The molecule has 2 aliphatic rings. The molecular formula is C12H17NO4. The van der Waals surface area contributed by atoms with E-state index in [2.05, 4.69) is 6.92 Å². The van der Waals surface area contributed by atoms with Gasteiger partial charge in [-0.15, -0.1) is 0 Å². The van der Waals surface area contributed by atoms with Crippen molar-refractivity contribution < 1.29 is 19.5 Å². The number of likely N-dealkylation sites (tertiary alicyclic amines) is 1. The van der Waals surface area contributed by atoms with Crippen LogP contribution in [0, 0.1) is 5.92 Å². The SMILES string of the molecule is CC1CCC(C(=O)O)(N2C(=O)CCC2=O)CC1. The van der Waals surface area contributed by atoms with E-state index >= 15 is 0 Å². The summed E-state index contributed by atoms with van der Waals surface area (Å²) in [5, 5.41) is 9.42. The largest absolute Gasteiger partial charge is 0.479 e. The van der Waals surface area contributed by atoms with Crippen LogP contribution in [0.25, 0.3) is 0 Å². The zero-order chi connectivity index (χ0) is 12.6. The number of amides is 2. The smallest absolute Gasteiger partial charge is 0.330 e. The van der Waals surface area contributed by atoms with Gasteiger partial charge in [-0.2, -0.15) is 0 Å². The highest BCUT2D eigenvalue weighted by atomic mass is 16.4. The van der Waals surface area contributed by atoms with Gasteiger partial charge in [-0.25, -0.2) is 4.79 Å². The molecule has 5 nitrogen and oxygen atoms in total. The second kappa shape index (κ2) is 4.13. The van der Waals surface area contributed by atoms with Crippen LogP contribution in [0.5, 0.6) is 0 Å². The van der Waals surface area contributed by atoms with Gasteiger partial charge in [0.05, 0.1) is 0 Å². The van der Waals surface area contributed by atoms with Crippen LogP contribution < -0.4 is 0 Å². The summed E-state index contributed by atoms with van der Waals surface area (Å²) in [6.07, 6.45) is 2.60. The molecular weight excluding hydrogens is 222 g/mol. The quantitative estimate of drug-likeness (QED) is 0.734. The summed E-state index contributed by atoms with van der Waals surface area (Å²) in [4.78, 5) is 36.0. The molecule has 2 amide bonds. The molecule has 1 aliphatic heterocycles. The van der Waals surface area contributed by atoms with Crippen LogP contribution in [0.1, 0.15) is 45.4 Å². The molecule has 0 atom stereocenters. The maximum atomic E-state index is 11.7. The summed E-state index contributed by atoms with van der Waals surface area (Å²) in [5.74, 6) is -1.22. The Morgan fingerprint density at radius 2 is 1.71 bits per heavy atom. The van der Waals surface area contributed by atoms with Gasteiger partial charge in [0.1, 0.15) is 5.54 Å². The minimum atomic E-state index is -1.27. The maximum absolute atomic E-state index is 11.7. The fourth-order valence-electron chi connectivity index (χ4n) is 2.83. The predicted molar refractivity (Wildman–Crippen MR) is 59.1 cm³/mol. The van der Waals surface area contributed by atoms with Crippen LogP contribution in [-0.4, -0.2) is 33.3 Å². The van der Waals surface area contributed by atoms with Gasteiger partial charge >= 0.3 is 5.97 Å². The monoisotopic (exact) mass is 239 g/mol. The Labute approximate surface area is 99.8 Å². The summed E-state index contributed by atoms with van der Waals surface area (Å²) < 4.78 is 0. The van der Waals surface area contributed by atoms with Gasteiger partial charge in [-0.1, -0.05) is 6.92 Å². The fourth-order valence-corrected chi connectivity index (χ4v) is 2.83. The highest BCUT2D eigenvalue weighted by Crippen LogP contribution is 2.39. The first-order chi connectivity index (χ1) is 7.97. The summed E-state index contributed by atoms with van der Waals surface area (Å²) in [6.45, 7) is 2.07. The van der Waals surface area contributed by atoms with E-state index in [1.54, 1.807) is 0 Å². The lowest BCUT2D eigenvalue weighted by molar-refractivity contribution is -0.166. The first-order valence-corrected chi connectivity index (χ1v) is 6.06. The van der Waals surface area contributed by atoms with Crippen molar-refractivity contribution in [2.75, 3.05) is 0 Å². The highest BCUT2D eigenvalue weighted by Gasteiger charge is 2.52. The lowest BCUT2D eigenvalue weighted by Crippen LogP contribution is -2.58. The topological polar surface area (TPSA) is 74.7 Å². The van der Waals surface area contributed by atoms with Crippen LogP contribution in [0.2, 0.25) is 0 Å². The predicted octanol–water partition coefficient (Wildman–Crippen LogP) is 1.17. The molecule has 0 unspecified atom stereocenters. The third kappa shape index (κ3) is 1.83. The summed E-state index contributed by atoms with van der Waals surface area (Å²) in [5.41, 5.74) is -1.27. The molecule has 0 aromatic heterocycles. The molecule has 0 aromatic rings. The first kappa shape index (κ1) is 12.1. The Morgan fingerprint density at radius 3 is 2.12 bits per heavy atom. The summed E-state index contributed by atoms with van der Waals surface area (Å²) >= 11 is 0. The van der Waals surface area contributed by atoms with Crippen molar-refractivity contribution >= 4 is 17.8 Å². The van der Waals surface area contributed by atoms with Crippen LogP contribution in [0.3, 0.4) is 0 Å². The number of hydrogen-bond acceptors (Lipinski definition) is 3. The molecule has 1 saturated carbocycles. The number of hydrogen-bond donors (Lipinski definition) is 1. The van der Waals surface area contributed by atoms with Crippen molar-refractivity contribution in [1.29, 1.82) is 0 Å². The van der Waals surface area contributed by atoms with Crippen molar-refractivity contribution in [1.82, 2.24) is 4.90 Å². The van der Waals surface area contributed by atoms with Crippen LogP contribution in [-0.2, 0) is 14.4 Å². The van der Waals surface area contributed by atoms with Gasteiger partial charge in [-0.3, -0.25) is 14.5 Å². The first-order valence-electron chi connectivity index (χ1n) is 6.06. The average Bonchev–Trinajstić information content (AvgIpc) is 2.61. The second-order valence-corrected chi connectivity index (χ2v) is 5.14. The van der Waals surface area contributed by atoms with E-state index in [0.29, 0.717) is 18.8 Å². The number of carboxylic acid groups (broad SMARTS) is 1. The van der Waals surface area contributed by atoms with Crippen LogP contribution in [0.15, 0.2) is 0 Å². The van der Waals surface area contributed by atoms with Crippen LogP contribution in [0.4, 0.5) is 0 Å². The Hall–Kier alpha value is -1.39. The highest BCUT2D eigenvalue weighted by molar-refractivity contribution is 6.06. The Kier molecular flexibility index (Phi) is 2.93. The van der Waals surface area contributed by atoms with E-state index in [1.807, 2.05) is 0 Å². The molecule has 2 rings (SSSR count). The van der Waals surface area contributed by atoms with Crippen LogP contribution >= 0.6 is 0 Å². The van der Waals surface area contributed by atoms with E-state index in [-0.39, 0.29) is 24.7 Å². The third-order valence-corrected chi connectivity index (χ3v) is 3.98. The van der Waals surface area contributed by atoms with E-state index in [9.17, 15) is 19.5 Å². The van der Waals surface area contributed by atoms with Crippen molar-refractivity contribution in [3.8, 4) is 0 Å². The molecule has 1 N–H and O–H groups in total. The summed E-state index contributed by atoms with van der Waals surface area (Å²) in [7, 11) is 0. The van der Waals surface area contributed by atoms with E-state index in [0.717, 1.165) is 17.7 Å². The van der Waals surface area contributed by atoms with E-state index in [4.69, 9.17) is 0 Å². The van der Waals surface area contributed by atoms with Crippen molar-refractivity contribution in [3.05, 3.63) is 0 Å². The number of carboxylic acids is 1. The van der Waals surface area contributed by atoms with E-state index in [1.165, 1.54) is 0 Å². The van der Waals surface area contributed by atoms with Gasteiger partial charge in [0, 0.05) is 12.8 Å². The van der Waals surface area contributed by atoms with Gasteiger partial charge in [0.15, 0.2) is 0 Å². The number of rotatable bonds is 2. The molecule has 0 aromatic carbocycles. The zero-order valence-corrected chi connectivity index (χ0v) is 9.94. The minimum Gasteiger partial charge on any atom is -0.479 e. The summed E-state index contributed by atoms with van der Waals surface area (Å²) in [6, 6.07) is 0. The minimum absolute atomic E-state index is 0.156. The number of carbonyl (C=O) groups is 3. The van der Waals surface area contributed by atoms with Crippen molar-refractivity contribution in [2.24, 2.45) is 5.92 Å². The van der Waals surface area contributed by atoms with Gasteiger partial charge < -0.3 is 5.11 Å². The Bertz CT molecular complexity index is 353. The number of aliphatic carboxylic acids is 1. The van der Waals surface area contributed by atoms with Crippen molar-refractivity contribution in [2.45, 2.75) is 51.0 Å². The van der Waals surface area contributed by atoms with Gasteiger partial charge in [-0.05, 0) is 31.6 Å². The Morgan fingerprint density at radius 1 is 1.24 bits per heavy atom.